The number of rotatable bonds is 4. The molecule has 1 N–H and O–H groups in total. The zero-order valence-electron chi connectivity index (χ0n) is 15.2. The van der Waals surface area contributed by atoms with Crippen LogP contribution in [0.4, 0.5) is 5.69 Å². The summed E-state index contributed by atoms with van der Waals surface area (Å²) in [6.07, 6.45) is 1.03. The smallest absolute Gasteiger partial charge is 0.115 e. The topological polar surface area (TPSA) is 39.6 Å². The van der Waals surface area contributed by atoms with Crippen LogP contribution in [0.3, 0.4) is 0 Å². The molecule has 0 atom stereocenters. The Morgan fingerprint density at radius 1 is 0.962 bits per heavy atom. The van der Waals surface area contributed by atoms with Crippen LogP contribution < -0.4 is 4.90 Å². The molecule has 0 amide bonds. The number of phenolic OH excluding ortho intramolecular Hbond substituents is 1. The lowest BCUT2D eigenvalue weighted by molar-refractivity contribution is 0.261. The number of para-hydroxylation sites is 1. The second kappa shape index (κ2) is 7.34. The minimum atomic E-state index is 0.335. The van der Waals surface area contributed by atoms with Crippen molar-refractivity contribution in [2.75, 3.05) is 37.6 Å². The molecular formula is C22H25N3O. The van der Waals surface area contributed by atoms with E-state index in [9.17, 15) is 5.11 Å². The van der Waals surface area contributed by atoms with Crippen LogP contribution in [-0.2, 0) is 6.42 Å². The third kappa shape index (κ3) is 3.65. The summed E-state index contributed by atoms with van der Waals surface area (Å²) < 4.78 is 0. The van der Waals surface area contributed by atoms with Gasteiger partial charge < -0.3 is 10.0 Å². The van der Waals surface area contributed by atoms with E-state index in [0.29, 0.717) is 5.75 Å². The first-order valence-electron chi connectivity index (χ1n) is 9.31. The summed E-state index contributed by atoms with van der Waals surface area (Å²) in [5, 5.41) is 10.6. The maximum absolute atomic E-state index is 9.39. The van der Waals surface area contributed by atoms with Gasteiger partial charge in [0.05, 0.1) is 5.52 Å². The maximum Gasteiger partial charge on any atom is 0.115 e. The molecule has 0 saturated carbocycles. The Balaban J connectivity index is 1.40. The summed E-state index contributed by atoms with van der Waals surface area (Å²) >= 11 is 0. The summed E-state index contributed by atoms with van der Waals surface area (Å²) in [6.45, 7) is 7.38. The molecule has 2 aromatic carbocycles. The monoisotopic (exact) mass is 347 g/mol. The number of aromatic nitrogens is 1. The molecule has 0 radical (unpaired) electrons. The number of hydrogen-bond acceptors (Lipinski definition) is 4. The molecule has 134 valence electrons. The maximum atomic E-state index is 9.39. The second-order valence-electron chi connectivity index (χ2n) is 7.05. The van der Waals surface area contributed by atoms with E-state index in [1.54, 1.807) is 12.1 Å². The van der Waals surface area contributed by atoms with Gasteiger partial charge in [0.2, 0.25) is 0 Å². The van der Waals surface area contributed by atoms with Gasteiger partial charge in [0, 0.05) is 49.5 Å². The number of phenols is 1. The average Bonchev–Trinajstić information content (AvgIpc) is 2.67. The van der Waals surface area contributed by atoms with Crippen LogP contribution in [0, 0.1) is 6.92 Å². The number of hydrogen-bond donors (Lipinski definition) is 1. The SMILES string of the molecule is Cc1cc(N2CCN(CCc3ccc(O)cc3)CC2)c2ccccc2n1. The van der Waals surface area contributed by atoms with Crippen LogP contribution in [0.25, 0.3) is 10.9 Å². The van der Waals surface area contributed by atoms with E-state index in [-0.39, 0.29) is 0 Å². The van der Waals surface area contributed by atoms with Gasteiger partial charge in [-0.15, -0.1) is 0 Å². The molecule has 4 rings (SSSR count). The number of aromatic hydroxyl groups is 1. The molecule has 0 aliphatic carbocycles. The first-order chi connectivity index (χ1) is 12.7. The fourth-order valence-electron chi connectivity index (χ4n) is 3.71. The number of anilines is 1. The fourth-order valence-corrected chi connectivity index (χ4v) is 3.71. The predicted molar refractivity (Wildman–Crippen MR) is 107 cm³/mol. The molecule has 26 heavy (non-hydrogen) atoms. The molecule has 3 aromatic rings. The highest BCUT2D eigenvalue weighted by Gasteiger charge is 2.19. The van der Waals surface area contributed by atoms with Crippen molar-refractivity contribution in [2.45, 2.75) is 13.3 Å². The predicted octanol–water partition coefficient (Wildman–Crippen LogP) is 3.61. The van der Waals surface area contributed by atoms with E-state index in [1.165, 1.54) is 16.6 Å². The van der Waals surface area contributed by atoms with Crippen molar-refractivity contribution in [3.8, 4) is 5.75 Å². The molecule has 0 spiro atoms. The van der Waals surface area contributed by atoms with Crippen molar-refractivity contribution in [2.24, 2.45) is 0 Å². The summed E-state index contributed by atoms with van der Waals surface area (Å²) in [6, 6.07) is 18.2. The molecule has 1 aromatic heterocycles. The van der Waals surface area contributed by atoms with E-state index in [0.717, 1.165) is 50.4 Å². The highest BCUT2D eigenvalue weighted by molar-refractivity contribution is 5.92. The number of benzene rings is 2. The Morgan fingerprint density at radius 3 is 2.46 bits per heavy atom. The number of aryl methyl sites for hydroxylation is 1. The van der Waals surface area contributed by atoms with E-state index in [1.807, 2.05) is 12.1 Å². The first kappa shape index (κ1) is 16.9. The summed E-state index contributed by atoms with van der Waals surface area (Å²) in [4.78, 5) is 9.68. The van der Waals surface area contributed by atoms with Gasteiger partial charge in [-0.25, -0.2) is 0 Å². The molecule has 1 fully saturated rings. The van der Waals surface area contributed by atoms with Gasteiger partial charge in [-0.1, -0.05) is 30.3 Å². The lowest BCUT2D eigenvalue weighted by atomic mass is 10.1. The standard InChI is InChI=1S/C22H25N3O/c1-17-16-22(20-4-2-3-5-21(20)23-17)25-14-12-24(13-15-25)11-10-18-6-8-19(26)9-7-18/h2-9,16,26H,10-15H2,1H3. The zero-order chi connectivity index (χ0) is 17.9. The fraction of sp³-hybridized carbons (Fsp3) is 0.318. The van der Waals surface area contributed by atoms with Crippen molar-refractivity contribution >= 4 is 16.6 Å². The lowest BCUT2D eigenvalue weighted by Gasteiger charge is -2.36. The van der Waals surface area contributed by atoms with E-state index in [2.05, 4.69) is 52.0 Å². The molecule has 0 bridgehead atoms. The number of fused-ring (bicyclic) bond motifs is 1. The van der Waals surface area contributed by atoms with Crippen LogP contribution >= 0.6 is 0 Å². The van der Waals surface area contributed by atoms with Gasteiger partial charge in [-0.3, -0.25) is 9.88 Å². The minimum absolute atomic E-state index is 0.335. The van der Waals surface area contributed by atoms with Gasteiger partial charge >= 0.3 is 0 Å². The lowest BCUT2D eigenvalue weighted by Crippen LogP contribution is -2.47. The highest BCUT2D eigenvalue weighted by Crippen LogP contribution is 2.27. The number of pyridine rings is 1. The molecule has 4 heteroatoms. The summed E-state index contributed by atoms with van der Waals surface area (Å²) in [7, 11) is 0. The molecule has 1 saturated heterocycles. The molecule has 2 heterocycles. The van der Waals surface area contributed by atoms with Crippen LogP contribution in [0.2, 0.25) is 0 Å². The van der Waals surface area contributed by atoms with Gasteiger partial charge in [0.1, 0.15) is 5.75 Å². The summed E-state index contributed by atoms with van der Waals surface area (Å²) in [5.74, 6) is 0.335. The first-order valence-corrected chi connectivity index (χ1v) is 9.31. The minimum Gasteiger partial charge on any atom is -0.508 e. The molecular weight excluding hydrogens is 322 g/mol. The Bertz CT molecular complexity index is 884. The summed E-state index contributed by atoms with van der Waals surface area (Å²) in [5.41, 5.74) is 4.75. The Hall–Kier alpha value is -2.59. The molecule has 4 nitrogen and oxygen atoms in total. The van der Waals surface area contributed by atoms with E-state index >= 15 is 0 Å². The third-order valence-corrected chi connectivity index (χ3v) is 5.19. The highest BCUT2D eigenvalue weighted by atomic mass is 16.3. The second-order valence-corrected chi connectivity index (χ2v) is 7.05. The van der Waals surface area contributed by atoms with Crippen LogP contribution in [0.5, 0.6) is 5.75 Å². The van der Waals surface area contributed by atoms with E-state index in [4.69, 9.17) is 0 Å². The van der Waals surface area contributed by atoms with Crippen molar-refractivity contribution in [1.82, 2.24) is 9.88 Å². The van der Waals surface area contributed by atoms with Crippen molar-refractivity contribution < 1.29 is 5.11 Å². The van der Waals surface area contributed by atoms with Crippen molar-refractivity contribution in [3.05, 3.63) is 65.9 Å². The molecule has 1 aliphatic heterocycles. The van der Waals surface area contributed by atoms with Gasteiger partial charge in [0.15, 0.2) is 0 Å². The van der Waals surface area contributed by atoms with Crippen LogP contribution in [-0.4, -0.2) is 47.7 Å². The van der Waals surface area contributed by atoms with Gasteiger partial charge in [-0.05, 0) is 43.2 Å². The van der Waals surface area contributed by atoms with Crippen molar-refractivity contribution in [3.63, 3.8) is 0 Å². The van der Waals surface area contributed by atoms with Crippen LogP contribution in [0.15, 0.2) is 54.6 Å². The Kier molecular flexibility index (Phi) is 4.76. The van der Waals surface area contributed by atoms with Crippen molar-refractivity contribution in [1.29, 1.82) is 0 Å². The number of nitrogens with zero attached hydrogens (tertiary/aromatic N) is 3. The molecule has 0 unspecified atom stereocenters. The Morgan fingerprint density at radius 2 is 1.69 bits per heavy atom. The van der Waals surface area contributed by atoms with Gasteiger partial charge in [-0.2, -0.15) is 0 Å². The van der Waals surface area contributed by atoms with Gasteiger partial charge in [0.25, 0.3) is 0 Å². The molecule has 1 aliphatic rings. The quantitative estimate of drug-likeness (QED) is 0.783. The number of piperazine rings is 1. The normalized spacial score (nSPS) is 15.5. The average molecular weight is 347 g/mol. The Labute approximate surface area is 154 Å². The largest absolute Gasteiger partial charge is 0.508 e. The zero-order valence-corrected chi connectivity index (χ0v) is 15.2. The van der Waals surface area contributed by atoms with E-state index < -0.39 is 0 Å². The van der Waals surface area contributed by atoms with Crippen LogP contribution in [0.1, 0.15) is 11.3 Å². The third-order valence-electron chi connectivity index (χ3n) is 5.19.